The van der Waals surface area contributed by atoms with Crippen LogP contribution >= 0.6 is 0 Å². The number of nitrogens with one attached hydrogen (secondary N) is 3. The minimum Gasteiger partial charge on any atom is -0.458 e. The Morgan fingerprint density at radius 3 is 1.42 bits per heavy atom. The number of ether oxygens (including phenoxy) is 4. The maximum atomic E-state index is 13.1. The van der Waals surface area contributed by atoms with Gasteiger partial charge in [0.15, 0.2) is 6.10 Å². The summed E-state index contributed by atoms with van der Waals surface area (Å²) in [7, 11) is 0. The molecule has 246 valence electrons. The molecule has 10 nitrogen and oxygen atoms in total. The molecule has 3 N–H and O–H groups in total. The van der Waals surface area contributed by atoms with Crippen molar-refractivity contribution < 1.29 is 33.3 Å². The summed E-state index contributed by atoms with van der Waals surface area (Å²) in [6.45, 7) is -0.0698. The lowest BCUT2D eigenvalue weighted by atomic mass is 10.1. The molecule has 7 rings (SSSR count). The fourth-order valence-electron chi connectivity index (χ4n) is 6.42. The Bertz CT molecular complexity index is 2060. The van der Waals surface area contributed by atoms with E-state index in [9.17, 15) is 14.4 Å². The van der Waals surface area contributed by atoms with E-state index in [0.717, 1.165) is 49.4 Å². The van der Waals surface area contributed by atoms with Crippen molar-refractivity contribution in [1.29, 1.82) is 0 Å². The highest BCUT2D eigenvalue weighted by Gasteiger charge is 2.38. The Balaban J connectivity index is 0.969. The average Bonchev–Trinajstić information content (AvgIpc) is 3.83. The molecule has 48 heavy (non-hydrogen) atoms. The number of aryl methyl sites for hydroxylation is 3. The molecule has 0 bridgehead atoms. The van der Waals surface area contributed by atoms with Gasteiger partial charge in [0.2, 0.25) is 6.29 Å². The molecule has 1 unspecified atom stereocenters. The maximum absolute atomic E-state index is 13.1. The number of esters is 3. The van der Waals surface area contributed by atoms with Crippen LogP contribution in [0.15, 0.2) is 91.4 Å². The highest BCUT2D eigenvalue weighted by molar-refractivity contribution is 5.85. The molecular formula is C38H37N3O7. The number of carbonyl (C=O) groups excluding carboxylic acids is 3. The first kappa shape index (κ1) is 31.3. The SMILES string of the molecule is O=C(CCc1c[nH]c2ccccc12)OC1C[C@@H](OC(=O)CCc2c[nH]c3ccccc23)[C@@H](OC(=O)CCc2c[nH]c3ccccc23)CO1. The summed E-state index contributed by atoms with van der Waals surface area (Å²) < 4.78 is 23.2. The van der Waals surface area contributed by atoms with Crippen LogP contribution in [-0.2, 0) is 52.6 Å². The van der Waals surface area contributed by atoms with Gasteiger partial charge in [-0.15, -0.1) is 0 Å². The van der Waals surface area contributed by atoms with Gasteiger partial charge in [0.05, 0.1) is 13.0 Å². The second kappa shape index (κ2) is 14.2. The number of aromatic amines is 3. The zero-order valence-corrected chi connectivity index (χ0v) is 26.4. The predicted molar refractivity (Wildman–Crippen MR) is 180 cm³/mol. The fourth-order valence-corrected chi connectivity index (χ4v) is 6.42. The molecule has 0 saturated carbocycles. The van der Waals surface area contributed by atoms with Gasteiger partial charge < -0.3 is 33.9 Å². The average molecular weight is 648 g/mol. The van der Waals surface area contributed by atoms with E-state index < -0.39 is 36.4 Å². The van der Waals surface area contributed by atoms with Gasteiger partial charge >= 0.3 is 17.9 Å². The normalized spacial score (nSPS) is 17.9. The van der Waals surface area contributed by atoms with E-state index in [4.69, 9.17) is 18.9 Å². The summed E-state index contributed by atoms with van der Waals surface area (Å²) in [5, 5.41) is 3.17. The number of rotatable bonds is 12. The molecule has 3 atom stereocenters. The van der Waals surface area contributed by atoms with E-state index in [1.54, 1.807) is 0 Å². The summed E-state index contributed by atoms with van der Waals surface area (Å²) in [4.78, 5) is 48.7. The van der Waals surface area contributed by atoms with E-state index in [0.29, 0.717) is 19.3 Å². The molecule has 6 aromatic rings. The zero-order chi connectivity index (χ0) is 32.9. The molecule has 3 aromatic carbocycles. The van der Waals surface area contributed by atoms with Crippen LogP contribution in [0.3, 0.4) is 0 Å². The standard InChI is InChI=1S/C38H37N3O7/c42-35(16-13-24-20-39-30-10-4-1-7-27(24)30)46-33-19-38(48-37(44)18-15-26-22-41-32-12-6-3-9-29(26)32)45-23-34(33)47-36(43)17-14-25-21-40-31-11-5-2-8-28(25)31/h1-12,20-22,33-34,38-41H,13-19,23H2/t33-,34+,38?/m1/s1. The second-order valence-corrected chi connectivity index (χ2v) is 12.1. The highest BCUT2D eigenvalue weighted by Crippen LogP contribution is 2.26. The van der Waals surface area contributed by atoms with Crippen molar-refractivity contribution in [1.82, 2.24) is 15.0 Å². The third kappa shape index (κ3) is 7.13. The molecular weight excluding hydrogens is 610 g/mol. The van der Waals surface area contributed by atoms with Crippen LogP contribution in [0.1, 0.15) is 42.4 Å². The van der Waals surface area contributed by atoms with Gasteiger partial charge in [-0.25, -0.2) is 0 Å². The van der Waals surface area contributed by atoms with Crippen molar-refractivity contribution in [3.63, 3.8) is 0 Å². The van der Waals surface area contributed by atoms with Crippen LogP contribution in [-0.4, -0.2) is 58.0 Å². The zero-order valence-electron chi connectivity index (χ0n) is 26.4. The monoisotopic (exact) mass is 647 g/mol. The van der Waals surface area contributed by atoms with Gasteiger partial charge in [0, 0.05) is 70.6 Å². The first-order valence-corrected chi connectivity index (χ1v) is 16.3. The van der Waals surface area contributed by atoms with Crippen molar-refractivity contribution in [2.24, 2.45) is 0 Å². The van der Waals surface area contributed by atoms with Crippen LogP contribution in [0.25, 0.3) is 32.7 Å². The van der Waals surface area contributed by atoms with Crippen LogP contribution in [0, 0.1) is 0 Å². The number of fused-ring (bicyclic) bond motifs is 3. The number of hydrogen-bond donors (Lipinski definition) is 3. The summed E-state index contributed by atoms with van der Waals surface area (Å²) in [5.41, 5.74) is 6.06. The molecule has 0 radical (unpaired) electrons. The van der Waals surface area contributed by atoms with Crippen LogP contribution in [0.5, 0.6) is 0 Å². The summed E-state index contributed by atoms with van der Waals surface area (Å²) in [6, 6.07) is 23.7. The molecule has 3 aromatic heterocycles. The number of benzene rings is 3. The van der Waals surface area contributed by atoms with E-state index in [1.165, 1.54) is 0 Å². The number of para-hydroxylation sites is 3. The Labute approximate surface area is 276 Å². The Hall–Kier alpha value is -5.35. The maximum Gasteiger partial charge on any atom is 0.308 e. The molecule has 1 aliphatic rings. The second-order valence-electron chi connectivity index (χ2n) is 12.1. The highest BCUT2D eigenvalue weighted by atomic mass is 16.7. The fraction of sp³-hybridized carbons (Fsp3) is 0.289. The minimum absolute atomic E-state index is 0.0536. The van der Waals surface area contributed by atoms with Gasteiger partial charge in [0.25, 0.3) is 0 Å². The molecule has 1 aliphatic heterocycles. The van der Waals surface area contributed by atoms with Crippen molar-refractivity contribution >= 4 is 50.6 Å². The molecule has 0 amide bonds. The van der Waals surface area contributed by atoms with E-state index in [2.05, 4.69) is 15.0 Å². The first-order valence-electron chi connectivity index (χ1n) is 16.3. The van der Waals surface area contributed by atoms with Gasteiger partial charge in [-0.3, -0.25) is 14.4 Å². The predicted octanol–water partition coefficient (Wildman–Crippen LogP) is 6.44. The molecule has 4 heterocycles. The largest absolute Gasteiger partial charge is 0.458 e. The van der Waals surface area contributed by atoms with Crippen molar-refractivity contribution in [2.75, 3.05) is 6.61 Å². The van der Waals surface area contributed by atoms with E-state index >= 15 is 0 Å². The van der Waals surface area contributed by atoms with Gasteiger partial charge in [-0.2, -0.15) is 0 Å². The lowest BCUT2D eigenvalue weighted by Gasteiger charge is -2.34. The Morgan fingerprint density at radius 2 is 0.958 bits per heavy atom. The quantitative estimate of drug-likeness (QED) is 0.103. The molecule has 10 heteroatoms. The Morgan fingerprint density at radius 1 is 0.562 bits per heavy atom. The first-order chi connectivity index (χ1) is 23.5. The summed E-state index contributed by atoms with van der Waals surface area (Å²) >= 11 is 0. The van der Waals surface area contributed by atoms with E-state index in [1.807, 2.05) is 91.4 Å². The summed E-state index contributed by atoms with van der Waals surface area (Å²) in [6.07, 6.45) is 5.05. The molecule has 0 aliphatic carbocycles. The van der Waals surface area contributed by atoms with Gasteiger partial charge in [0.1, 0.15) is 6.10 Å². The van der Waals surface area contributed by atoms with Crippen LogP contribution in [0.4, 0.5) is 0 Å². The third-order valence-electron chi connectivity index (χ3n) is 8.93. The van der Waals surface area contributed by atoms with Crippen molar-refractivity contribution in [3.8, 4) is 0 Å². The van der Waals surface area contributed by atoms with Crippen molar-refractivity contribution in [3.05, 3.63) is 108 Å². The number of carbonyl (C=O) groups is 3. The third-order valence-corrected chi connectivity index (χ3v) is 8.93. The smallest absolute Gasteiger partial charge is 0.308 e. The minimum atomic E-state index is -0.937. The van der Waals surface area contributed by atoms with Crippen LogP contribution in [0.2, 0.25) is 0 Å². The molecule has 0 spiro atoms. The van der Waals surface area contributed by atoms with E-state index in [-0.39, 0.29) is 32.3 Å². The van der Waals surface area contributed by atoms with Gasteiger partial charge in [-0.05, 0) is 54.2 Å². The number of hydrogen-bond acceptors (Lipinski definition) is 7. The summed E-state index contributed by atoms with van der Waals surface area (Å²) in [5.74, 6) is -1.29. The molecule has 1 saturated heterocycles. The lowest BCUT2D eigenvalue weighted by molar-refractivity contribution is -0.230. The van der Waals surface area contributed by atoms with Gasteiger partial charge in [-0.1, -0.05) is 54.6 Å². The number of aromatic nitrogens is 3. The lowest BCUT2D eigenvalue weighted by Crippen LogP contribution is -2.47. The Kier molecular flexibility index (Phi) is 9.24. The van der Waals surface area contributed by atoms with Crippen LogP contribution < -0.4 is 0 Å². The number of H-pyrrole nitrogens is 3. The topological polar surface area (TPSA) is 136 Å². The van der Waals surface area contributed by atoms with Crippen molar-refractivity contribution in [2.45, 2.75) is 63.4 Å². The molecule has 1 fully saturated rings.